The van der Waals surface area contributed by atoms with Gasteiger partial charge in [-0.2, -0.15) is 0 Å². The second-order valence-corrected chi connectivity index (χ2v) is 8.94. The van der Waals surface area contributed by atoms with Crippen molar-refractivity contribution in [1.82, 2.24) is 5.32 Å². The van der Waals surface area contributed by atoms with Crippen LogP contribution in [0.5, 0.6) is 5.75 Å². The van der Waals surface area contributed by atoms with Crippen molar-refractivity contribution in [3.63, 3.8) is 0 Å². The fraction of sp³-hybridized carbons (Fsp3) is 0.150. The number of ether oxygens (including phenoxy) is 1. The maximum atomic E-state index is 12.5. The summed E-state index contributed by atoms with van der Waals surface area (Å²) in [6.45, 7) is 1.89. The van der Waals surface area contributed by atoms with Gasteiger partial charge in [-0.3, -0.25) is 9.52 Å². The topological polar surface area (TPSA) is 84.5 Å². The molecule has 0 radical (unpaired) electrons. The highest BCUT2D eigenvalue weighted by atomic mass is 32.2. The van der Waals surface area contributed by atoms with E-state index in [0.717, 1.165) is 22.6 Å². The average Bonchev–Trinajstić information content (AvgIpc) is 3.24. The molecule has 0 spiro atoms. The Balaban J connectivity index is 1.64. The molecule has 3 rings (SSSR count). The molecule has 0 aliphatic rings. The van der Waals surface area contributed by atoms with E-state index in [4.69, 9.17) is 4.74 Å². The third kappa shape index (κ3) is 4.71. The van der Waals surface area contributed by atoms with Gasteiger partial charge < -0.3 is 10.1 Å². The molecule has 0 unspecified atom stereocenters. The van der Waals surface area contributed by atoms with E-state index in [0.29, 0.717) is 11.3 Å². The van der Waals surface area contributed by atoms with E-state index in [1.54, 1.807) is 42.8 Å². The van der Waals surface area contributed by atoms with Crippen LogP contribution >= 0.6 is 11.3 Å². The smallest absolute Gasteiger partial charge is 0.271 e. The third-order valence-electron chi connectivity index (χ3n) is 4.12. The van der Waals surface area contributed by atoms with E-state index in [9.17, 15) is 13.2 Å². The lowest BCUT2D eigenvalue weighted by Gasteiger charge is -2.15. The highest BCUT2D eigenvalue weighted by molar-refractivity contribution is 7.94. The summed E-state index contributed by atoms with van der Waals surface area (Å²) in [5, 5.41) is 4.62. The van der Waals surface area contributed by atoms with Crippen molar-refractivity contribution < 1.29 is 17.9 Å². The van der Waals surface area contributed by atoms with Crippen molar-refractivity contribution in [2.75, 3.05) is 11.8 Å². The molecule has 146 valence electrons. The summed E-state index contributed by atoms with van der Waals surface area (Å²) in [5.41, 5.74) is 1.79. The van der Waals surface area contributed by atoms with Crippen molar-refractivity contribution in [3.05, 3.63) is 77.2 Å². The molecule has 1 aromatic heterocycles. The van der Waals surface area contributed by atoms with Crippen LogP contribution in [0.1, 0.15) is 28.9 Å². The van der Waals surface area contributed by atoms with Gasteiger partial charge in [0, 0.05) is 11.3 Å². The molecule has 0 saturated heterocycles. The van der Waals surface area contributed by atoms with Crippen LogP contribution in [0.15, 0.2) is 70.3 Å². The molecule has 1 amide bonds. The number of carbonyl (C=O) groups is 1. The third-order valence-corrected chi connectivity index (χ3v) is 6.90. The number of nitrogens with one attached hydrogen (secondary N) is 2. The maximum Gasteiger partial charge on any atom is 0.271 e. The van der Waals surface area contributed by atoms with E-state index >= 15 is 0 Å². The summed E-state index contributed by atoms with van der Waals surface area (Å²) in [6.07, 6.45) is 0. The predicted molar refractivity (Wildman–Crippen MR) is 110 cm³/mol. The molecule has 2 aromatic carbocycles. The molecular formula is C20H20N2O4S2. The van der Waals surface area contributed by atoms with Crippen LogP contribution < -0.4 is 14.8 Å². The number of hydrogen-bond donors (Lipinski definition) is 2. The Morgan fingerprint density at radius 2 is 1.71 bits per heavy atom. The largest absolute Gasteiger partial charge is 0.497 e. The summed E-state index contributed by atoms with van der Waals surface area (Å²) in [4.78, 5) is 12.5. The first kappa shape index (κ1) is 19.9. The first-order valence-corrected chi connectivity index (χ1v) is 10.9. The van der Waals surface area contributed by atoms with E-state index in [1.807, 2.05) is 31.2 Å². The number of amides is 1. The van der Waals surface area contributed by atoms with Gasteiger partial charge in [-0.25, -0.2) is 8.42 Å². The number of anilines is 1. The average molecular weight is 417 g/mol. The van der Waals surface area contributed by atoms with Gasteiger partial charge in [0.2, 0.25) is 0 Å². The Kier molecular flexibility index (Phi) is 6.01. The molecule has 0 aliphatic heterocycles. The zero-order valence-electron chi connectivity index (χ0n) is 15.4. The number of sulfonamides is 1. The number of hydrogen-bond acceptors (Lipinski definition) is 5. The van der Waals surface area contributed by atoms with Crippen LogP contribution in [0.3, 0.4) is 0 Å². The van der Waals surface area contributed by atoms with Gasteiger partial charge >= 0.3 is 0 Å². The zero-order chi connectivity index (χ0) is 20.1. The molecule has 3 aromatic rings. The van der Waals surface area contributed by atoms with Crippen molar-refractivity contribution in [1.29, 1.82) is 0 Å². The number of thiophene rings is 1. The van der Waals surface area contributed by atoms with Crippen LogP contribution in [-0.4, -0.2) is 21.4 Å². The molecular weight excluding hydrogens is 396 g/mol. The molecule has 6 nitrogen and oxygen atoms in total. The first-order valence-electron chi connectivity index (χ1n) is 8.50. The van der Waals surface area contributed by atoms with Gasteiger partial charge in [0.05, 0.1) is 13.2 Å². The highest BCUT2D eigenvalue weighted by Gasteiger charge is 2.16. The van der Waals surface area contributed by atoms with Crippen molar-refractivity contribution in [2.24, 2.45) is 0 Å². The highest BCUT2D eigenvalue weighted by Crippen LogP contribution is 2.21. The van der Waals surface area contributed by atoms with Crippen LogP contribution in [0.25, 0.3) is 0 Å². The number of benzene rings is 2. The Hall–Kier alpha value is -2.84. The standard InChI is InChI=1S/C20H20N2O4S2/c1-14(15-7-11-18(26-2)12-8-15)21-20(23)16-5-9-17(10-6-16)22-28(24,25)19-4-3-13-27-19/h3-14,22H,1-2H3,(H,21,23)/t14-/m1/s1. The second kappa shape index (κ2) is 8.45. The zero-order valence-corrected chi connectivity index (χ0v) is 17.0. The summed E-state index contributed by atoms with van der Waals surface area (Å²) in [7, 11) is -2.00. The lowest BCUT2D eigenvalue weighted by molar-refractivity contribution is 0.0940. The van der Waals surface area contributed by atoms with Gasteiger partial charge in [0.15, 0.2) is 0 Å². The predicted octanol–water partition coefficient (Wildman–Crippen LogP) is 4.05. The minimum atomic E-state index is -3.61. The molecule has 2 N–H and O–H groups in total. The molecule has 1 heterocycles. The Bertz CT molecular complexity index is 1030. The minimum Gasteiger partial charge on any atom is -0.497 e. The van der Waals surface area contributed by atoms with Crippen molar-refractivity contribution in [3.8, 4) is 5.75 Å². The van der Waals surface area contributed by atoms with Gasteiger partial charge in [0.25, 0.3) is 15.9 Å². The normalized spacial score (nSPS) is 12.2. The molecule has 0 saturated carbocycles. The number of rotatable bonds is 7. The molecule has 28 heavy (non-hydrogen) atoms. The fourth-order valence-corrected chi connectivity index (χ4v) is 4.62. The Morgan fingerprint density at radius 1 is 1.04 bits per heavy atom. The Labute approximate surface area is 168 Å². The minimum absolute atomic E-state index is 0.185. The van der Waals surface area contributed by atoms with Crippen molar-refractivity contribution in [2.45, 2.75) is 17.2 Å². The second-order valence-electron chi connectivity index (χ2n) is 6.08. The maximum absolute atomic E-state index is 12.5. The van der Waals surface area contributed by atoms with Crippen LogP contribution in [0, 0.1) is 0 Å². The molecule has 1 atom stereocenters. The molecule has 8 heteroatoms. The molecule has 0 bridgehead atoms. The SMILES string of the molecule is COc1ccc([C@@H](C)NC(=O)c2ccc(NS(=O)(=O)c3cccs3)cc2)cc1. The van der Waals surface area contributed by atoms with Gasteiger partial charge in [0.1, 0.15) is 9.96 Å². The number of carbonyl (C=O) groups excluding carboxylic acids is 1. The fourth-order valence-electron chi connectivity index (χ4n) is 2.57. The first-order chi connectivity index (χ1) is 13.4. The van der Waals surface area contributed by atoms with E-state index in [1.165, 1.54) is 6.07 Å². The summed E-state index contributed by atoms with van der Waals surface area (Å²) in [5.74, 6) is 0.513. The van der Waals surface area contributed by atoms with E-state index < -0.39 is 10.0 Å². The van der Waals surface area contributed by atoms with Crippen LogP contribution in [0.4, 0.5) is 5.69 Å². The summed E-state index contributed by atoms with van der Waals surface area (Å²) in [6, 6.07) is 16.8. The van der Waals surface area contributed by atoms with Crippen molar-refractivity contribution >= 4 is 33.0 Å². The molecule has 0 aliphatic carbocycles. The van der Waals surface area contributed by atoms with E-state index in [2.05, 4.69) is 10.0 Å². The lowest BCUT2D eigenvalue weighted by atomic mass is 10.1. The quantitative estimate of drug-likeness (QED) is 0.609. The van der Waals surface area contributed by atoms with E-state index in [-0.39, 0.29) is 16.2 Å². The van der Waals surface area contributed by atoms with Gasteiger partial charge in [-0.05, 0) is 60.3 Å². The Morgan fingerprint density at radius 3 is 2.29 bits per heavy atom. The summed E-state index contributed by atoms with van der Waals surface area (Å²) < 4.78 is 32.4. The van der Waals surface area contributed by atoms with Crippen LogP contribution in [-0.2, 0) is 10.0 Å². The monoisotopic (exact) mass is 416 g/mol. The van der Waals surface area contributed by atoms with Gasteiger partial charge in [-0.1, -0.05) is 18.2 Å². The lowest BCUT2D eigenvalue weighted by Crippen LogP contribution is -2.26. The molecule has 0 fully saturated rings. The summed E-state index contributed by atoms with van der Waals surface area (Å²) >= 11 is 1.14. The van der Waals surface area contributed by atoms with Gasteiger partial charge in [-0.15, -0.1) is 11.3 Å². The number of methoxy groups -OCH3 is 1. The van der Waals surface area contributed by atoms with Crippen LogP contribution in [0.2, 0.25) is 0 Å².